The highest BCUT2D eigenvalue weighted by Crippen LogP contribution is 2.33. The van der Waals surface area contributed by atoms with Gasteiger partial charge in [-0.15, -0.1) is 6.58 Å². The van der Waals surface area contributed by atoms with Crippen LogP contribution >= 0.6 is 0 Å². The summed E-state index contributed by atoms with van der Waals surface area (Å²) in [6.45, 7) is 3.67. The molecule has 0 bridgehead atoms. The zero-order valence-corrected chi connectivity index (χ0v) is 8.89. The lowest BCUT2D eigenvalue weighted by Gasteiger charge is -2.27. The lowest BCUT2D eigenvalue weighted by Crippen LogP contribution is -2.23. The van der Waals surface area contributed by atoms with Gasteiger partial charge in [0.05, 0.1) is 6.10 Å². The third-order valence-electron chi connectivity index (χ3n) is 3.11. The Hall–Kier alpha value is -1.15. The van der Waals surface area contributed by atoms with E-state index in [1.165, 1.54) is 5.56 Å². The van der Waals surface area contributed by atoms with Gasteiger partial charge in [-0.1, -0.05) is 12.1 Å². The molecule has 0 fully saturated rings. The molecule has 0 aliphatic heterocycles. The van der Waals surface area contributed by atoms with Crippen molar-refractivity contribution in [3.63, 3.8) is 0 Å². The number of rotatable bonds is 3. The first kappa shape index (κ1) is 10.4. The lowest BCUT2D eigenvalue weighted by atomic mass is 9.82. The third kappa shape index (κ3) is 2.10. The van der Waals surface area contributed by atoms with Crippen LogP contribution in [0.25, 0.3) is 0 Å². The summed E-state index contributed by atoms with van der Waals surface area (Å²) in [6, 6.07) is 4.09. The standard InChI is InChI=1S/C13H17NO/c1-2-5-12(15)11-8-3-6-10-7-4-9-14-13(10)11/h2,4,7,9,11-12,15H,1,3,5-6,8H2. The molecule has 1 heterocycles. The van der Waals surface area contributed by atoms with Crippen LogP contribution in [0.1, 0.15) is 36.4 Å². The highest BCUT2D eigenvalue weighted by atomic mass is 16.3. The van der Waals surface area contributed by atoms with Crippen molar-refractivity contribution in [2.24, 2.45) is 0 Å². The molecule has 2 atom stereocenters. The Balaban J connectivity index is 2.25. The van der Waals surface area contributed by atoms with Crippen LogP contribution in [0.5, 0.6) is 0 Å². The Labute approximate surface area is 90.7 Å². The normalized spacial score (nSPS) is 21.8. The molecule has 1 aromatic heterocycles. The van der Waals surface area contributed by atoms with Crippen molar-refractivity contribution in [2.45, 2.75) is 37.7 Å². The summed E-state index contributed by atoms with van der Waals surface area (Å²) in [5, 5.41) is 10.0. The van der Waals surface area contributed by atoms with Crippen LogP contribution in [-0.4, -0.2) is 16.2 Å². The molecule has 1 N–H and O–H groups in total. The molecule has 80 valence electrons. The molecule has 2 heteroatoms. The number of nitrogens with zero attached hydrogens (tertiary/aromatic N) is 1. The van der Waals surface area contributed by atoms with Gasteiger partial charge >= 0.3 is 0 Å². The first-order chi connectivity index (χ1) is 7.33. The van der Waals surface area contributed by atoms with Gasteiger partial charge in [0, 0.05) is 17.8 Å². The van der Waals surface area contributed by atoms with E-state index < -0.39 is 0 Å². The van der Waals surface area contributed by atoms with Crippen LogP contribution in [-0.2, 0) is 6.42 Å². The van der Waals surface area contributed by atoms with E-state index in [0.29, 0.717) is 6.42 Å². The molecule has 1 aromatic rings. The van der Waals surface area contributed by atoms with Crippen LogP contribution in [0.15, 0.2) is 31.0 Å². The molecule has 0 aromatic carbocycles. The fourth-order valence-corrected chi connectivity index (χ4v) is 2.35. The summed E-state index contributed by atoms with van der Waals surface area (Å²) in [5.74, 6) is 0.202. The van der Waals surface area contributed by atoms with Crippen LogP contribution in [0, 0.1) is 0 Å². The molecule has 0 spiro atoms. The summed E-state index contributed by atoms with van der Waals surface area (Å²) in [4.78, 5) is 4.41. The van der Waals surface area contributed by atoms with Gasteiger partial charge in [-0.2, -0.15) is 0 Å². The second-order valence-corrected chi connectivity index (χ2v) is 4.14. The number of fused-ring (bicyclic) bond motifs is 1. The van der Waals surface area contributed by atoms with Gasteiger partial charge in [-0.3, -0.25) is 4.98 Å². The van der Waals surface area contributed by atoms with E-state index in [1.807, 2.05) is 12.3 Å². The number of aliphatic hydroxyl groups is 1. The van der Waals surface area contributed by atoms with Crippen molar-refractivity contribution in [1.29, 1.82) is 0 Å². The number of aryl methyl sites for hydroxylation is 1. The molecule has 0 saturated carbocycles. The van der Waals surface area contributed by atoms with Gasteiger partial charge in [0.25, 0.3) is 0 Å². The quantitative estimate of drug-likeness (QED) is 0.765. The fourth-order valence-electron chi connectivity index (χ4n) is 2.35. The third-order valence-corrected chi connectivity index (χ3v) is 3.11. The Morgan fingerprint density at radius 2 is 2.53 bits per heavy atom. The minimum absolute atomic E-state index is 0.202. The predicted octanol–water partition coefficient (Wildman–Crippen LogP) is 2.44. The molecule has 2 rings (SSSR count). The summed E-state index contributed by atoms with van der Waals surface area (Å²) in [5.41, 5.74) is 2.40. The van der Waals surface area contributed by atoms with Gasteiger partial charge in [0.1, 0.15) is 0 Å². The van der Waals surface area contributed by atoms with Gasteiger partial charge in [0.2, 0.25) is 0 Å². The van der Waals surface area contributed by atoms with Crippen molar-refractivity contribution in [1.82, 2.24) is 4.98 Å². The average Bonchev–Trinajstić information content (AvgIpc) is 2.28. The maximum absolute atomic E-state index is 10.0. The maximum atomic E-state index is 10.0. The predicted molar refractivity (Wildman–Crippen MR) is 60.7 cm³/mol. The molecule has 0 amide bonds. The Morgan fingerprint density at radius 3 is 3.33 bits per heavy atom. The Morgan fingerprint density at radius 1 is 1.67 bits per heavy atom. The summed E-state index contributed by atoms with van der Waals surface area (Å²) < 4.78 is 0. The van der Waals surface area contributed by atoms with Crippen molar-refractivity contribution in [3.8, 4) is 0 Å². The van der Waals surface area contributed by atoms with Crippen molar-refractivity contribution >= 4 is 0 Å². The number of aliphatic hydroxyl groups excluding tert-OH is 1. The summed E-state index contributed by atoms with van der Waals surface area (Å²) >= 11 is 0. The Bertz CT molecular complexity index is 348. The first-order valence-corrected chi connectivity index (χ1v) is 5.55. The molecular weight excluding hydrogens is 186 g/mol. The monoisotopic (exact) mass is 203 g/mol. The minimum Gasteiger partial charge on any atom is -0.392 e. The van der Waals surface area contributed by atoms with Crippen molar-refractivity contribution < 1.29 is 5.11 Å². The van der Waals surface area contributed by atoms with Crippen LogP contribution in [0.2, 0.25) is 0 Å². The van der Waals surface area contributed by atoms with Crippen LogP contribution < -0.4 is 0 Å². The highest BCUT2D eigenvalue weighted by molar-refractivity contribution is 5.27. The molecule has 1 aliphatic rings. The van der Waals surface area contributed by atoms with Gasteiger partial charge in [0.15, 0.2) is 0 Å². The van der Waals surface area contributed by atoms with E-state index in [2.05, 4.69) is 17.6 Å². The largest absolute Gasteiger partial charge is 0.392 e. The molecule has 15 heavy (non-hydrogen) atoms. The summed E-state index contributed by atoms with van der Waals surface area (Å²) in [6.07, 6.45) is 7.22. The SMILES string of the molecule is C=CCC(O)C1CCCc2cccnc21. The smallest absolute Gasteiger partial charge is 0.0658 e. The number of aromatic nitrogens is 1. The molecule has 2 nitrogen and oxygen atoms in total. The van der Waals surface area contributed by atoms with E-state index in [0.717, 1.165) is 25.0 Å². The summed E-state index contributed by atoms with van der Waals surface area (Å²) in [7, 11) is 0. The van der Waals surface area contributed by atoms with Crippen molar-refractivity contribution in [2.75, 3.05) is 0 Å². The zero-order chi connectivity index (χ0) is 10.7. The minimum atomic E-state index is -0.323. The second-order valence-electron chi connectivity index (χ2n) is 4.14. The average molecular weight is 203 g/mol. The van der Waals surface area contributed by atoms with Crippen LogP contribution in [0.4, 0.5) is 0 Å². The van der Waals surface area contributed by atoms with Gasteiger partial charge < -0.3 is 5.11 Å². The number of hydrogen-bond acceptors (Lipinski definition) is 2. The van der Waals surface area contributed by atoms with E-state index >= 15 is 0 Å². The molecule has 1 aliphatic carbocycles. The number of hydrogen-bond donors (Lipinski definition) is 1. The van der Waals surface area contributed by atoms with Crippen LogP contribution in [0.3, 0.4) is 0 Å². The Kier molecular flexibility index (Phi) is 3.17. The first-order valence-electron chi connectivity index (χ1n) is 5.55. The fraction of sp³-hybridized carbons (Fsp3) is 0.462. The van der Waals surface area contributed by atoms with E-state index in [9.17, 15) is 5.11 Å². The van der Waals surface area contributed by atoms with Gasteiger partial charge in [-0.05, 0) is 37.3 Å². The maximum Gasteiger partial charge on any atom is 0.0658 e. The van der Waals surface area contributed by atoms with Gasteiger partial charge in [-0.25, -0.2) is 0 Å². The van der Waals surface area contributed by atoms with E-state index in [1.54, 1.807) is 6.08 Å². The molecule has 0 radical (unpaired) electrons. The molecule has 0 saturated heterocycles. The number of pyridine rings is 1. The van der Waals surface area contributed by atoms with Crippen molar-refractivity contribution in [3.05, 3.63) is 42.2 Å². The topological polar surface area (TPSA) is 33.1 Å². The molecule has 2 unspecified atom stereocenters. The molecular formula is C13H17NO. The lowest BCUT2D eigenvalue weighted by molar-refractivity contribution is 0.135. The zero-order valence-electron chi connectivity index (χ0n) is 8.89. The van der Waals surface area contributed by atoms with E-state index in [4.69, 9.17) is 0 Å². The highest BCUT2D eigenvalue weighted by Gasteiger charge is 2.26. The van der Waals surface area contributed by atoms with E-state index in [-0.39, 0.29) is 12.0 Å². The second kappa shape index (κ2) is 4.58.